The second-order valence-corrected chi connectivity index (χ2v) is 8.90. The lowest BCUT2D eigenvalue weighted by Gasteiger charge is -2.29. The van der Waals surface area contributed by atoms with E-state index in [2.05, 4.69) is 0 Å². The van der Waals surface area contributed by atoms with Gasteiger partial charge in [0.15, 0.2) is 0 Å². The summed E-state index contributed by atoms with van der Waals surface area (Å²) in [6.45, 7) is 0. The third-order valence-corrected chi connectivity index (χ3v) is 7.50. The van der Waals surface area contributed by atoms with Crippen molar-refractivity contribution in [2.75, 3.05) is 0 Å². The van der Waals surface area contributed by atoms with Crippen molar-refractivity contribution in [2.24, 2.45) is 5.92 Å². The van der Waals surface area contributed by atoms with Crippen LogP contribution in [0.5, 0.6) is 0 Å². The Morgan fingerprint density at radius 2 is 1.76 bits per heavy atom. The van der Waals surface area contributed by atoms with Crippen LogP contribution in [-0.4, -0.2) is 35.9 Å². The lowest BCUT2D eigenvalue weighted by Crippen LogP contribution is -2.47. The molecule has 0 radical (unpaired) electrons. The quantitative estimate of drug-likeness (QED) is 0.913. The number of fused-ring (bicyclic) bond motifs is 3. The van der Waals surface area contributed by atoms with Gasteiger partial charge in [0.25, 0.3) is 0 Å². The van der Waals surface area contributed by atoms with E-state index in [0.29, 0.717) is 6.42 Å². The number of carbonyl (C=O) groups is 1. The molecule has 1 heterocycles. The molecular formula is C19H21NO4S. The van der Waals surface area contributed by atoms with E-state index < -0.39 is 22.0 Å². The number of carboxylic acids is 1. The van der Waals surface area contributed by atoms with Gasteiger partial charge in [-0.05, 0) is 48.1 Å². The van der Waals surface area contributed by atoms with Crippen LogP contribution in [0.25, 0.3) is 10.8 Å². The van der Waals surface area contributed by atoms with Gasteiger partial charge in [0.1, 0.15) is 6.04 Å². The molecule has 2 fully saturated rings. The third-order valence-electron chi connectivity index (χ3n) is 5.57. The summed E-state index contributed by atoms with van der Waals surface area (Å²) in [5, 5.41) is 11.5. The molecule has 1 aliphatic heterocycles. The zero-order valence-corrected chi connectivity index (χ0v) is 14.7. The van der Waals surface area contributed by atoms with Crippen molar-refractivity contribution < 1.29 is 18.3 Å². The maximum atomic E-state index is 13.3. The van der Waals surface area contributed by atoms with Gasteiger partial charge in [0, 0.05) is 6.04 Å². The summed E-state index contributed by atoms with van der Waals surface area (Å²) in [6, 6.07) is 11.5. The SMILES string of the molecule is O=C(O)C1[C@@H]2CCCCC(C2)N1S(=O)(=O)c1ccc2ccccc2c1. The highest BCUT2D eigenvalue weighted by Gasteiger charge is 2.51. The van der Waals surface area contributed by atoms with Crippen LogP contribution in [0.3, 0.4) is 0 Å². The van der Waals surface area contributed by atoms with Gasteiger partial charge in [-0.25, -0.2) is 8.42 Å². The van der Waals surface area contributed by atoms with E-state index in [1.54, 1.807) is 18.2 Å². The van der Waals surface area contributed by atoms with Gasteiger partial charge >= 0.3 is 5.97 Å². The van der Waals surface area contributed by atoms with E-state index in [1.165, 1.54) is 4.31 Å². The van der Waals surface area contributed by atoms with Crippen molar-refractivity contribution >= 4 is 26.8 Å². The molecule has 1 N–H and O–H groups in total. The molecule has 25 heavy (non-hydrogen) atoms. The first-order chi connectivity index (χ1) is 12.0. The van der Waals surface area contributed by atoms with Crippen LogP contribution >= 0.6 is 0 Å². The number of rotatable bonds is 3. The summed E-state index contributed by atoms with van der Waals surface area (Å²) >= 11 is 0. The third kappa shape index (κ3) is 2.73. The smallest absolute Gasteiger partial charge is 0.322 e. The molecule has 1 saturated heterocycles. The lowest BCUT2D eigenvalue weighted by atomic mass is 9.96. The first-order valence-electron chi connectivity index (χ1n) is 8.73. The largest absolute Gasteiger partial charge is 0.480 e. The average molecular weight is 359 g/mol. The Labute approximate surface area is 147 Å². The second kappa shape index (κ2) is 6.11. The Bertz CT molecular complexity index is 924. The highest BCUT2D eigenvalue weighted by atomic mass is 32.2. The minimum atomic E-state index is -3.84. The average Bonchev–Trinajstić information content (AvgIpc) is 2.80. The fourth-order valence-electron chi connectivity index (χ4n) is 4.43. The summed E-state index contributed by atoms with van der Waals surface area (Å²) in [4.78, 5) is 12.0. The van der Waals surface area contributed by atoms with E-state index >= 15 is 0 Å². The Morgan fingerprint density at radius 3 is 2.52 bits per heavy atom. The molecule has 2 unspecified atom stereocenters. The summed E-state index contributed by atoms with van der Waals surface area (Å²) in [5.74, 6) is -1.11. The first-order valence-corrected chi connectivity index (χ1v) is 10.2. The van der Waals surface area contributed by atoms with Crippen LogP contribution in [0.4, 0.5) is 0 Å². The molecular weight excluding hydrogens is 338 g/mol. The Hall–Kier alpha value is -1.92. The molecule has 2 bridgehead atoms. The van der Waals surface area contributed by atoms with Crippen LogP contribution in [0.1, 0.15) is 32.1 Å². The van der Waals surface area contributed by atoms with Crippen molar-refractivity contribution in [2.45, 2.75) is 49.1 Å². The number of carboxylic acid groups (broad SMARTS) is 1. The van der Waals surface area contributed by atoms with E-state index in [-0.39, 0.29) is 16.9 Å². The van der Waals surface area contributed by atoms with Crippen LogP contribution in [0.15, 0.2) is 47.4 Å². The lowest BCUT2D eigenvalue weighted by molar-refractivity contribution is -0.142. The summed E-state index contributed by atoms with van der Waals surface area (Å²) in [5.41, 5.74) is 0. The van der Waals surface area contributed by atoms with Crippen molar-refractivity contribution in [3.05, 3.63) is 42.5 Å². The molecule has 5 nitrogen and oxygen atoms in total. The number of benzene rings is 2. The number of hydrogen-bond acceptors (Lipinski definition) is 3. The normalized spacial score (nSPS) is 27.3. The zero-order chi connectivity index (χ0) is 17.6. The summed E-state index contributed by atoms with van der Waals surface area (Å²) in [7, 11) is -3.84. The molecule has 132 valence electrons. The molecule has 4 rings (SSSR count). The number of sulfonamides is 1. The predicted molar refractivity (Wildman–Crippen MR) is 94.8 cm³/mol. The zero-order valence-electron chi connectivity index (χ0n) is 13.8. The molecule has 6 heteroatoms. The minimum Gasteiger partial charge on any atom is -0.480 e. The topological polar surface area (TPSA) is 74.7 Å². The monoisotopic (exact) mass is 359 g/mol. The Morgan fingerprint density at radius 1 is 1.04 bits per heavy atom. The standard InChI is InChI=1S/C19H21NO4S/c21-19(22)18-15-7-3-4-8-16(11-15)20(18)25(23,24)17-10-9-13-5-1-2-6-14(13)12-17/h1-2,5-6,9-10,12,15-16,18H,3-4,7-8,11H2,(H,21,22)/t15-,16?,18?/m1/s1. The predicted octanol–water partition coefficient (Wildman–Crippen LogP) is 3.25. The summed E-state index contributed by atoms with van der Waals surface area (Å²) < 4.78 is 27.9. The molecule has 2 aromatic carbocycles. The van der Waals surface area contributed by atoms with Crippen LogP contribution < -0.4 is 0 Å². The molecule has 3 atom stereocenters. The van der Waals surface area contributed by atoms with Gasteiger partial charge in [-0.1, -0.05) is 43.2 Å². The number of nitrogens with zero attached hydrogens (tertiary/aromatic N) is 1. The van der Waals surface area contributed by atoms with Crippen molar-refractivity contribution in [3.8, 4) is 0 Å². The first kappa shape index (κ1) is 16.5. The second-order valence-electron chi connectivity index (χ2n) is 7.06. The van der Waals surface area contributed by atoms with Crippen molar-refractivity contribution in [1.82, 2.24) is 4.31 Å². The number of hydrogen-bond donors (Lipinski definition) is 1. The molecule has 1 aliphatic carbocycles. The van der Waals surface area contributed by atoms with Crippen LogP contribution in [0.2, 0.25) is 0 Å². The van der Waals surface area contributed by atoms with Gasteiger partial charge in [0.2, 0.25) is 10.0 Å². The molecule has 0 spiro atoms. The maximum absolute atomic E-state index is 13.3. The molecule has 0 amide bonds. The Kier molecular flexibility index (Phi) is 4.04. The molecule has 2 aromatic rings. The molecule has 2 aliphatic rings. The van der Waals surface area contributed by atoms with E-state index in [1.807, 2.05) is 24.3 Å². The van der Waals surface area contributed by atoms with Gasteiger partial charge in [0.05, 0.1) is 4.90 Å². The van der Waals surface area contributed by atoms with E-state index in [9.17, 15) is 18.3 Å². The molecule has 1 saturated carbocycles. The summed E-state index contributed by atoms with van der Waals surface area (Å²) in [6.07, 6.45) is 4.13. The van der Waals surface area contributed by atoms with Crippen LogP contribution in [0, 0.1) is 5.92 Å². The minimum absolute atomic E-state index is 0.0831. The van der Waals surface area contributed by atoms with Gasteiger partial charge < -0.3 is 5.11 Å². The van der Waals surface area contributed by atoms with Gasteiger partial charge in [-0.3, -0.25) is 4.79 Å². The van der Waals surface area contributed by atoms with E-state index in [0.717, 1.165) is 36.5 Å². The fraction of sp³-hybridized carbons (Fsp3) is 0.421. The van der Waals surface area contributed by atoms with E-state index in [4.69, 9.17) is 0 Å². The Balaban J connectivity index is 1.80. The number of aliphatic carboxylic acids is 1. The van der Waals surface area contributed by atoms with Gasteiger partial charge in [-0.2, -0.15) is 4.31 Å². The molecule has 0 aromatic heterocycles. The highest BCUT2D eigenvalue weighted by molar-refractivity contribution is 7.89. The van der Waals surface area contributed by atoms with Gasteiger partial charge in [-0.15, -0.1) is 0 Å². The maximum Gasteiger partial charge on any atom is 0.322 e. The van der Waals surface area contributed by atoms with Crippen molar-refractivity contribution in [3.63, 3.8) is 0 Å². The fourth-order valence-corrected chi connectivity index (χ4v) is 6.33. The van der Waals surface area contributed by atoms with Crippen molar-refractivity contribution in [1.29, 1.82) is 0 Å². The highest BCUT2D eigenvalue weighted by Crippen LogP contribution is 2.42. The van der Waals surface area contributed by atoms with Crippen LogP contribution in [-0.2, 0) is 14.8 Å².